The molecule has 5 rings (SSSR count). The summed E-state index contributed by atoms with van der Waals surface area (Å²) in [6.07, 6.45) is 6.84. The molecule has 2 saturated heterocycles. The summed E-state index contributed by atoms with van der Waals surface area (Å²) in [5.41, 5.74) is 1.53. The lowest BCUT2D eigenvalue weighted by Crippen LogP contribution is -2.28. The van der Waals surface area contributed by atoms with Gasteiger partial charge in [0, 0.05) is 23.2 Å². The zero-order chi connectivity index (χ0) is 17.7. The van der Waals surface area contributed by atoms with E-state index in [1.165, 1.54) is 0 Å². The summed E-state index contributed by atoms with van der Waals surface area (Å²) in [7, 11) is 0. The fourth-order valence-corrected chi connectivity index (χ4v) is 4.41. The van der Waals surface area contributed by atoms with Gasteiger partial charge in [-0.15, -0.1) is 0 Å². The van der Waals surface area contributed by atoms with Crippen LogP contribution in [0.4, 0.5) is 11.4 Å². The Morgan fingerprint density at radius 2 is 1.12 bits per heavy atom. The zero-order valence-corrected chi connectivity index (χ0v) is 14.6. The molecule has 1 aromatic carbocycles. The molecule has 0 bridgehead atoms. The van der Waals surface area contributed by atoms with Gasteiger partial charge in [0.25, 0.3) is 0 Å². The molecule has 6 atom stereocenters. The molecule has 2 heterocycles. The highest BCUT2D eigenvalue weighted by molar-refractivity contribution is 5.94. The van der Waals surface area contributed by atoms with E-state index in [0.717, 1.165) is 49.9 Å². The number of nitrogens with one attached hydrogen (secondary N) is 2. The maximum atomic E-state index is 12.4. The van der Waals surface area contributed by atoms with Crippen LogP contribution in [0.2, 0.25) is 0 Å². The Bertz CT molecular complexity index is 658. The number of carbonyl (C=O) groups excluding carboxylic acids is 2. The van der Waals surface area contributed by atoms with Crippen molar-refractivity contribution in [3.63, 3.8) is 0 Å². The van der Waals surface area contributed by atoms with Crippen molar-refractivity contribution >= 4 is 23.2 Å². The molecule has 4 fully saturated rings. The number of fused-ring (bicyclic) bond motifs is 2. The minimum Gasteiger partial charge on any atom is -0.370 e. The topological polar surface area (TPSA) is 83.3 Å². The number of ether oxygens (including phenoxy) is 2. The molecule has 6 nitrogen and oxygen atoms in total. The summed E-state index contributed by atoms with van der Waals surface area (Å²) < 4.78 is 11.0. The Kier molecular flexibility index (Phi) is 3.98. The predicted octanol–water partition coefficient (Wildman–Crippen LogP) is 2.70. The summed E-state index contributed by atoms with van der Waals surface area (Å²) >= 11 is 0. The highest BCUT2D eigenvalue weighted by atomic mass is 16.6. The molecule has 2 aliphatic carbocycles. The van der Waals surface area contributed by atoms with Gasteiger partial charge in [0.2, 0.25) is 11.8 Å². The van der Waals surface area contributed by atoms with Gasteiger partial charge in [-0.1, -0.05) is 0 Å². The van der Waals surface area contributed by atoms with Crippen molar-refractivity contribution in [2.75, 3.05) is 10.6 Å². The number of hydrogen-bond acceptors (Lipinski definition) is 4. The minimum absolute atomic E-state index is 0.0397. The van der Waals surface area contributed by atoms with Gasteiger partial charge in [-0.3, -0.25) is 9.59 Å². The molecule has 2 amide bonds. The van der Waals surface area contributed by atoms with Crippen molar-refractivity contribution in [1.82, 2.24) is 0 Å². The maximum Gasteiger partial charge on any atom is 0.227 e. The first-order valence-electron chi connectivity index (χ1n) is 9.68. The maximum absolute atomic E-state index is 12.4. The van der Waals surface area contributed by atoms with E-state index < -0.39 is 0 Å². The Balaban J connectivity index is 1.14. The van der Waals surface area contributed by atoms with Crippen LogP contribution in [0, 0.1) is 11.8 Å². The van der Waals surface area contributed by atoms with Gasteiger partial charge in [0.15, 0.2) is 0 Å². The standard InChI is InChI=1S/C20H24N2O4/c23-19(11-1-7-15-17(9-11)25-15)21-13-3-5-14(6-4-13)22-20(24)12-2-8-16-18(10-12)26-16/h3-6,11-12,15-18H,1-2,7-10H2,(H,21,23)(H,22,24). The van der Waals surface area contributed by atoms with Crippen molar-refractivity contribution in [3.8, 4) is 0 Å². The van der Waals surface area contributed by atoms with E-state index in [-0.39, 0.29) is 23.7 Å². The average Bonchev–Trinajstić information content (AvgIpc) is 3.55. The average molecular weight is 356 g/mol. The van der Waals surface area contributed by atoms with E-state index in [4.69, 9.17) is 9.47 Å². The van der Waals surface area contributed by atoms with Crippen LogP contribution in [-0.4, -0.2) is 36.2 Å². The molecule has 0 spiro atoms. The lowest BCUT2D eigenvalue weighted by atomic mass is 9.88. The second-order valence-electron chi connectivity index (χ2n) is 8.00. The van der Waals surface area contributed by atoms with Crippen molar-refractivity contribution in [2.45, 2.75) is 62.9 Å². The van der Waals surface area contributed by atoms with E-state index in [9.17, 15) is 9.59 Å². The summed E-state index contributed by atoms with van der Waals surface area (Å²) in [5.74, 6) is 0.213. The van der Waals surface area contributed by atoms with Crippen molar-refractivity contribution in [2.24, 2.45) is 11.8 Å². The van der Waals surface area contributed by atoms with E-state index in [1.54, 1.807) is 0 Å². The number of rotatable bonds is 4. The van der Waals surface area contributed by atoms with Crippen LogP contribution >= 0.6 is 0 Å². The molecule has 2 saturated carbocycles. The van der Waals surface area contributed by atoms with Crippen LogP contribution in [0.15, 0.2) is 24.3 Å². The van der Waals surface area contributed by atoms with Gasteiger partial charge in [-0.05, 0) is 62.8 Å². The molecule has 2 N–H and O–H groups in total. The van der Waals surface area contributed by atoms with Crippen molar-refractivity contribution in [3.05, 3.63) is 24.3 Å². The normalized spacial score (nSPS) is 37.1. The number of carbonyl (C=O) groups is 2. The molecule has 2 aliphatic heterocycles. The molecule has 26 heavy (non-hydrogen) atoms. The highest BCUT2D eigenvalue weighted by Crippen LogP contribution is 2.40. The third-order valence-electron chi connectivity index (χ3n) is 6.17. The first-order valence-corrected chi connectivity index (χ1v) is 9.68. The molecule has 4 aliphatic rings. The van der Waals surface area contributed by atoms with Gasteiger partial charge >= 0.3 is 0 Å². The molecule has 138 valence electrons. The first-order chi connectivity index (χ1) is 12.7. The molecule has 6 heteroatoms. The van der Waals surface area contributed by atoms with Crippen LogP contribution in [-0.2, 0) is 19.1 Å². The largest absolute Gasteiger partial charge is 0.370 e. The SMILES string of the molecule is O=C(Nc1ccc(NC(=O)C2CCC3OC3C2)cc1)C1CCC2OC2C1. The molecular weight excluding hydrogens is 332 g/mol. The Morgan fingerprint density at radius 3 is 1.50 bits per heavy atom. The summed E-state index contributed by atoms with van der Waals surface area (Å²) in [6.45, 7) is 0. The Morgan fingerprint density at radius 1 is 0.692 bits per heavy atom. The van der Waals surface area contributed by atoms with Crippen molar-refractivity contribution < 1.29 is 19.1 Å². The number of amides is 2. The second kappa shape index (κ2) is 6.35. The van der Waals surface area contributed by atoms with Gasteiger partial charge in [0.1, 0.15) is 0 Å². The highest BCUT2D eigenvalue weighted by Gasteiger charge is 2.46. The summed E-state index contributed by atoms with van der Waals surface area (Å²) in [6, 6.07) is 7.36. The zero-order valence-electron chi connectivity index (χ0n) is 14.6. The van der Waals surface area contributed by atoms with Crippen molar-refractivity contribution in [1.29, 1.82) is 0 Å². The van der Waals surface area contributed by atoms with Crippen LogP contribution in [0.25, 0.3) is 0 Å². The van der Waals surface area contributed by atoms with Gasteiger partial charge in [-0.25, -0.2) is 0 Å². The summed E-state index contributed by atoms with van der Waals surface area (Å²) in [4.78, 5) is 24.8. The quantitative estimate of drug-likeness (QED) is 0.813. The number of epoxide rings is 2. The number of benzene rings is 1. The Labute approximate surface area is 152 Å². The van der Waals surface area contributed by atoms with Crippen LogP contribution < -0.4 is 10.6 Å². The third kappa shape index (κ3) is 3.35. The van der Waals surface area contributed by atoms with Crippen LogP contribution in [0.1, 0.15) is 38.5 Å². The Hall–Kier alpha value is -1.92. The third-order valence-corrected chi connectivity index (χ3v) is 6.17. The van der Waals surface area contributed by atoms with Gasteiger partial charge < -0.3 is 20.1 Å². The molecule has 6 unspecified atom stereocenters. The van der Waals surface area contributed by atoms with E-state index in [2.05, 4.69) is 10.6 Å². The number of hydrogen-bond donors (Lipinski definition) is 2. The minimum atomic E-state index is 0.0397. The summed E-state index contributed by atoms with van der Waals surface area (Å²) in [5, 5.41) is 5.96. The van der Waals surface area contributed by atoms with E-state index in [1.807, 2.05) is 24.3 Å². The number of anilines is 2. The molecule has 0 aromatic heterocycles. The predicted molar refractivity (Wildman–Crippen MR) is 95.7 cm³/mol. The smallest absolute Gasteiger partial charge is 0.227 e. The van der Waals surface area contributed by atoms with E-state index >= 15 is 0 Å². The second-order valence-corrected chi connectivity index (χ2v) is 8.00. The lowest BCUT2D eigenvalue weighted by molar-refractivity contribution is -0.121. The van der Waals surface area contributed by atoms with Gasteiger partial charge in [0.05, 0.1) is 24.4 Å². The molecule has 0 radical (unpaired) electrons. The van der Waals surface area contributed by atoms with E-state index in [0.29, 0.717) is 24.4 Å². The monoisotopic (exact) mass is 356 g/mol. The molecule has 1 aromatic rings. The fourth-order valence-electron chi connectivity index (χ4n) is 4.41. The molecular formula is C20H24N2O4. The lowest BCUT2D eigenvalue weighted by Gasteiger charge is -2.19. The van der Waals surface area contributed by atoms with Crippen LogP contribution in [0.3, 0.4) is 0 Å². The van der Waals surface area contributed by atoms with Crippen LogP contribution in [0.5, 0.6) is 0 Å². The fraction of sp³-hybridized carbons (Fsp3) is 0.600. The van der Waals surface area contributed by atoms with Gasteiger partial charge in [-0.2, -0.15) is 0 Å². The first kappa shape index (κ1) is 16.3.